The number of hydrogen-bond donors (Lipinski definition) is 1. The Labute approximate surface area is 113 Å². The lowest BCUT2D eigenvalue weighted by Gasteiger charge is -2.24. The molecule has 1 aliphatic heterocycles. The van der Waals surface area contributed by atoms with Gasteiger partial charge in [0.2, 0.25) is 0 Å². The number of rotatable bonds is 4. The Morgan fingerprint density at radius 1 is 1.21 bits per heavy atom. The van der Waals surface area contributed by atoms with Crippen molar-refractivity contribution in [3.63, 3.8) is 0 Å². The van der Waals surface area contributed by atoms with Crippen LogP contribution in [0.25, 0.3) is 0 Å². The molecule has 100 valence electrons. The lowest BCUT2D eigenvalue weighted by Crippen LogP contribution is -2.28. The van der Waals surface area contributed by atoms with Gasteiger partial charge in [-0.1, -0.05) is 6.42 Å². The van der Waals surface area contributed by atoms with Crippen LogP contribution in [0, 0.1) is 0 Å². The van der Waals surface area contributed by atoms with Crippen LogP contribution in [-0.2, 0) is 13.0 Å². The van der Waals surface area contributed by atoms with Crippen molar-refractivity contribution >= 4 is 0 Å². The number of aromatic nitrogens is 3. The number of imidazole rings is 1. The zero-order valence-corrected chi connectivity index (χ0v) is 11.1. The van der Waals surface area contributed by atoms with Crippen LogP contribution < -0.4 is 5.32 Å². The standard InChI is InChI=1S/C15H20N4/c1-2-7-18-14(3-1)15-11-17-12-19(15)10-6-13-4-8-16-9-5-13/h4-5,8-9,11-12,14,18H,1-3,6-7,10H2. The summed E-state index contributed by atoms with van der Waals surface area (Å²) in [5.74, 6) is 0. The van der Waals surface area contributed by atoms with Crippen LogP contribution in [0.4, 0.5) is 0 Å². The molecular weight excluding hydrogens is 236 g/mol. The van der Waals surface area contributed by atoms with E-state index in [2.05, 4.69) is 32.0 Å². The number of pyridine rings is 1. The van der Waals surface area contributed by atoms with Gasteiger partial charge in [-0.2, -0.15) is 0 Å². The topological polar surface area (TPSA) is 42.7 Å². The van der Waals surface area contributed by atoms with E-state index in [0.29, 0.717) is 6.04 Å². The van der Waals surface area contributed by atoms with Gasteiger partial charge in [0.15, 0.2) is 0 Å². The first-order valence-corrected chi connectivity index (χ1v) is 7.06. The minimum Gasteiger partial charge on any atom is -0.333 e. The van der Waals surface area contributed by atoms with Gasteiger partial charge in [0, 0.05) is 31.2 Å². The maximum absolute atomic E-state index is 4.32. The van der Waals surface area contributed by atoms with E-state index < -0.39 is 0 Å². The molecule has 1 saturated heterocycles. The molecule has 1 atom stereocenters. The molecule has 0 aromatic carbocycles. The van der Waals surface area contributed by atoms with E-state index in [1.807, 2.05) is 24.9 Å². The number of nitrogens with one attached hydrogen (secondary N) is 1. The number of aryl methyl sites for hydroxylation is 2. The van der Waals surface area contributed by atoms with Crippen molar-refractivity contribution in [3.05, 3.63) is 48.3 Å². The fourth-order valence-electron chi connectivity index (χ4n) is 2.71. The van der Waals surface area contributed by atoms with Crippen molar-refractivity contribution in [1.82, 2.24) is 19.9 Å². The van der Waals surface area contributed by atoms with Crippen LogP contribution in [0.5, 0.6) is 0 Å². The fourth-order valence-corrected chi connectivity index (χ4v) is 2.71. The molecule has 1 fully saturated rings. The molecule has 1 aliphatic rings. The zero-order valence-electron chi connectivity index (χ0n) is 11.1. The molecule has 0 amide bonds. The minimum atomic E-state index is 0.480. The molecule has 3 rings (SSSR count). The first-order valence-electron chi connectivity index (χ1n) is 7.06. The van der Waals surface area contributed by atoms with Crippen LogP contribution >= 0.6 is 0 Å². The van der Waals surface area contributed by atoms with Crippen molar-refractivity contribution in [2.45, 2.75) is 38.3 Å². The first-order chi connectivity index (χ1) is 9.43. The normalized spacial score (nSPS) is 19.5. The molecule has 2 aromatic rings. The van der Waals surface area contributed by atoms with Gasteiger partial charge in [0.25, 0.3) is 0 Å². The molecule has 2 aromatic heterocycles. The molecule has 0 aliphatic carbocycles. The van der Waals surface area contributed by atoms with Crippen molar-refractivity contribution in [1.29, 1.82) is 0 Å². The van der Waals surface area contributed by atoms with Crippen molar-refractivity contribution < 1.29 is 0 Å². The van der Waals surface area contributed by atoms with E-state index in [1.165, 1.54) is 30.5 Å². The summed E-state index contributed by atoms with van der Waals surface area (Å²) in [6.45, 7) is 2.11. The predicted octanol–water partition coefficient (Wildman–Crippen LogP) is 2.34. The smallest absolute Gasteiger partial charge is 0.0948 e. The Bertz CT molecular complexity index is 500. The molecule has 4 nitrogen and oxygen atoms in total. The van der Waals surface area contributed by atoms with E-state index in [4.69, 9.17) is 0 Å². The highest BCUT2D eigenvalue weighted by atomic mass is 15.1. The summed E-state index contributed by atoms with van der Waals surface area (Å²) >= 11 is 0. The van der Waals surface area contributed by atoms with Crippen LogP contribution in [0.15, 0.2) is 37.1 Å². The maximum atomic E-state index is 4.32. The third-order valence-corrected chi connectivity index (χ3v) is 3.80. The second-order valence-corrected chi connectivity index (χ2v) is 5.12. The predicted molar refractivity (Wildman–Crippen MR) is 74.8 cm³/mol. The second kappa shape index (κ2) is 5.97. The van der Waals surface area contributed by atoms with Crippen LogP contribution in [0.3, 0.4) is 0 Å². The van der Waals surface area contributed by atoms with Gasteiger partial charge in [-0.3, -0.25) is 4.98 Å². The van der Waals surface area contributed by atoms with Crippen molar-refractivity contribution in [3.8, 4) is 0 Å². The third-order valence-electron chi connectivity index (χ3n) is 3.80. The highest BCUT2D eigenvalue weighted by Gasteiger charge is 2.18. The summed E-state index contributed by atoms with van der Waals surface area (Å²) in [4.78, 5) is 8.37. The van der Waals surface area contributed by atoms with Gasteiger partial charge in [0.05, 0.1) is 12.0 Å². The Morgan fingerprint density at radius 2 is 2.11 bits per heavy atom. The monoisotopic (exact) mass is 256 g/mol. The van der Waals surface area contributed by atoms with Gasteiger partial charge in [-0.15, -0.1) is 0 Å². The molecule has 0 spiro atoms. The summed E-state index contributed by atoms with van der Waals surface area (Å²) < 4.78 is 2.28. The SMILES string of the molecule is c1cc(CCn2cncc2C2CCCCN2)ccn1. The number of piperidine rings is 1. The maximum Gasteiger partial charge on any atom is 0.0948 e. The Morgan fingerprint density at radius 3 is 2.89 bits per heavy atom. The fraction of sp³-hybridized carbons (Fsp3) is 0.467. The molecule has 3 heterocycles. The molecular formula is C15H20N4. The second-order valence-electron chi connectivity index (χ2n) is 5.12. The summed E-state index contributed by atoms with van der Waals surface area (Å²) in [7, 11) is 0. The lowest BCUT2D eigenvalue weighted by atomic mass is 10.0. The Kier molecular flexibility index (Phi) is 3.89. The van der Waals surface area contributed by atoms with Gasteiger partial charge in [0.1, 0.15) is 0 Å². The summed E-state index contributed by atoms with van der Waals surface area (Å²) in [6.07, 6.45) is 12.5. The van der Waals surface area contributed by atoms with E-state index >= 15 is 0 Å². The molecule has 1 unspecified atom stereocenters. The average molecular weight is 256 g/mol. The van der Waals surface area contributed by atoms with E-state index in [1.54, 1.807) is 0 Å². The van der Waals surface area contributed by atoms with Crippen LogP contribution in [-0.4, -0.2) is 21.1 Å². The lowest BCUT2D eigenvalue weighted by molar-refractivity contribution is 0.393. The molecule has 4 heteroatoms. The molecule has 0 saturated carbocycles. The highest BCUT2D eigenvalue weighted by Crippen LogP contribution is 2.22. The van der Waals surface area contributed by atoms with Crippen LogP contribution in [0.1, 0.15) is 36.6 Å². The largest absolute Gasteiger partial charge is 0.333 e. The molecule has 0 bridgehead atoms. The van der Waals surface area contributed by atoms with Gasteiger partial charge in [-0.05, 0) is 43.5 Å². The van der Waals surface area contributed by atoms with E-state index in [9.17, 15) is 0 Å². The van der Waals surface area contributed by atoms with Crippen molar-refractivity contribution in [2.24, 2.45) is 0 Å². The Hall–Kier alpha value is -1.68. The van der Waals surface area contributed by atoms with Gasteiger partial charge in [-0.25, -0.2) is 4.98 Å². The first kappa shape index (κ1) is 12.4. The summed E-state index contributed by atoms with van der Waals surface area (Å²) in [5, 5.41) is 3.59. The zero-order chi connectivity index (χ0) is 12.9. The van der Waals surface area contributed by atoms with Crippen LogP contribution in [0.2, 0.25) is 0 Å². The van der Waals surface area contributed by atoms with E-state index in [0.717, 1.165) is 19.5 Å². The number of hydrogen-bond acceptors (Lipinski definition) is 3. The summed E-state index contributed by atoms with van der Waals surface area (Å²) in [5.41, 5.74) is 2.65. The third kappa shape index (κ3) is 3.01. The number of nitrogens with zero attached hydrogens (tertiary/aromatic N) is 3. The van der Waals surface area contributed by atoms with Gasteiger partial charge >= 0.3 is 0 Å². The molecule has 0 radical (unpaired) electrons. The minimum absolute atomic E-state index is 0.480. The molecule has 19 heavy (non-hydrogen) atoms. The molecule has 1 N–H and O–H groups in total. The summed E-state index contributed by atoms with van der Waals surface area (Å²) in [6, 6.07) is 4.64. The quantitative estimate of drug-likeness (QED) is 0.913. The Balaban J connectivity index is 1.66. The average Bonchev–Trinajstić information content (AvgIpc) is 2.95. The van der Waals surface area contributed by atoms with Gasteiger partial charge < -0.3 is 9.88 Å². The van der Waals surface area contributed by atoms with Crippen molar-refractivity contribution in [2.75, 3.05) is 6.54 Å². The highest BCUT2D eigenvalue weighted by molar-refractivity contribution is 5.11. The van der Waals surface area contributed by atoms with E-state index in [-0.39, 0.29) is 0 Å².